The largest absolute Gasteiger partial charge is 0.374 e. The minimum atomic E-state index is 0.0741. The van der Waals surface area contributed by atoms with Crippen LogP contribution in [0.3, 0.4) is 0 Å². The molecular weight excluding hydrogens is 422 g/mol. The van der Waals surface area contributed by atoms with Crippen LogP contribution in [0.1, 0.15) is 50.4 Å². The molecule has 0 saturated carbocycles. The molecule has 1 aromatic heterocycles. The highest BCUT2D eigenvalue weighted by Gasteiger charge is 2.31. The number of amides is 1. The summed E-state index contributed by atoms with van der Waals surface area (Å²) in [4.78, 5) is 20.4. The van der Waals surface area contributed by atoms with Crippen molar-refractivity contribution in [1.82, 2.24) is 19.6 Å². The average Bonchev–Trinajstić information content (AvgIpc) is 3.19. The molecule has 34 heavy (non-hydrogen) atoms. The lowest BCUT2D eigenvalue weighted by Crippen LogP contribution is -2.37. The Bertz CT molecular complexity index is 1250. The fourth-order valence-electron chi connectivity index (χ4n) is 5.97. The molecule has 3 aliphatic rings. The Morgan fingerprint density at radius 1 is 0.912 bits per heavy atom. The summed E-state index contributed by atoms with van der Waals surface area (Å²) in [6.45, 7) is 5.26. The number of carbonyl (C=O) groups is 1. The minimum Gasteiger partial charge on any atom is -0.374 e. The molecule has 0 bridgehead atoms. The van der Waals surface area contributed by atoms with Crippen molar-refractivity contribution in [3.8, 4) is 0 Å². The van der Waals surface area contributed by atoms with Gasteiger partial charge in [-0.3, -0.25) is 14.4 Å². The molecule has 6 heteroatoms. The van der Waals surface area contributed by atoms with Crippen LogP contribution in [0.5, 0.6) is 0 Å². The van der Waals surface area contributed by atoms with Gasteiger partial charge in [0, 0.05) is 76.7 Å². The van der Waals surface area contributed by atoms with Crippen molar-refractivity contribution >= 4 is 11.6 Å². The Balaban J connectivity index is 1.21. The Hall–Kier alpha value is -3.12. The van der Waals surface area contributed by atoms with Crippen molar-refractivity contribution in [2.45, 2.75) is 45.3 Å². The van der Waals surface area contributed by atoms with Crippen LogP contribution in [0.2, 0.25) is 0 Å². The first-order valence-electron chi connectivity index (χ1n) is 12.5. The van der Waals surface area contributed by atoms with Gasteiger partial charge in [-0.1, -0.05) is 36.4 Å². The first-order valence-corrected chi connectivity index (χ1v) is 12.5. The van der Waals surface area contributed by atoms with Gasteiger partial charge in [-0.05, 0) is 47.6 Å². The molecule has 3 aliphatic heterocycles. The molecule has 6 rings (SSSR count). The van der Waals surface area contributed by atoms with Crippen LogP contribution in [-0.2, 0) is 45.9 Å². The molecular formula is C28H33N5O. The molecule has 6 nitrogen and oxygen atoms in total. The van der Waals surface area contributed by atoms with Gasteiger partial charge in [-0.2, -0.15) is 5.10 Å². The molecule has 0 radical (unpaired) electrons. The van der Waals surface area contributed by atoms with Gasteiger partial charge in [0.25, 0.3) is 5.91 Å². The highest BCUT2D eigenvalue weighted by molar-refractivity contribution is 5.94. The van der Waals surface area contributed by atoms with Crippen molar-refractivity contribution in [1.29, 1.82) is 0 Å². The summed E-state index contributed by atoms with van der Waals surface area (Å²) < 4.78 is 1.94. The molecule has 0 aliphatic carbocycles. The van der Waals surface area contributed by atoms with Gasteiger partial charge in [-0.15, -0.1) is 0 Å². The lowest BCUT2D eigenvalue weighted by molar-refractivity contribution is 0.0725. The number of aromatic nitrogens is 2. The van der Waals surface area contributed by atoms with Gasteiger partial charge in [0.05, 0.1) is 0 Å². The molecule has 3 aromatic rings. The van der Waals surface area contributed by atoms with E-state index in [4.69, 9.17) is 5.10 Å². The number of hydrogen-bond acceptors (Lipinski definition) is 4. The molecule has 0 unspecified atom stereocenters. The number of nitrogens with zero attached hydrogens (tertiary/aromatic N) is 5. The number of benzene rings is 2. The van der Waals surface area contributed by atoms with E-state index in [1.165, 1.54) is 40.1 Å². The standard InChI is InChI=1S/C28H33N5O/c1-30-13-5-8-22-16-20(9-10-25(22)30)17-32-14-12-26-24(19-32)27(29-31(26)2)28(34)33-15-11-21-6-3-4-7-23(21)18-33/h3-4,6-7,9-10,16H,5,8,11-15,17-19H2,1-2H3. The fourth-order valence-corrected chi connectivity index (χ4v) is 5.97. The zero-order valence-corrected chi connectivity index (χ0v) is 20.3. The predicted molar refractivity (Wildman–Crippen MR) is 134 cm³/mol. The fraction of sp³-hybridized carbons (Fsp3) is 0.429. The third-order valence-electron chi connectivity index (χ3n) is 7.84. The van der Waals surface area contributed by atoms with E-state index in [2.05, 4.69) is 59.3 Å². The number of fused-ring (bicyclic) bond motifs is 3. The van der Waals surface area contributed by atoms with Gasteiger partial charge in [0.2, 0.25) is 0 Å². The van der Waals surface area contributed by atoms with Crippen molar-refractivity contribution in [2.24, 2.45) is 7.05 Å². The summed E-state index contributed by atoms with van der Waals surface area (Å²) in [7, 11) is 4.17. The smallest absolute Gasteiger partial charge is 0.275 e. The van der Waals surface area contributed by atoms with E-state index < -0.39 is 0 Å². The van der Waals surface area contributed by atoms with Crippen LogP contribution in [0.4, 0.5) is 5.69 Å². The van der Waals surface area contributed by atoms with E-state index in [-0.39, 0.29) is 5.91 Å². The van der Waals surface area contributed by atoms with Crippen molar-refractivity contribution < 1.29 is 4.79 Å². The highest BCUT2D eigenvalue weighted by Crippen LogP contribution is 2.29. The van der Waals surface area contributed by atoms with E-state index in [1.54, 1.807) is 0 Å². The second-order valence-electron chi connectivity index (χ2n) is 10.1. The van der Waals surface area contributed by atoms with Gasteiger partial charge in [-0.25, -0.2) is 0 Å². The molecule has 176 valence electrons. The van der Waals surface area contributed by atoms with Crippen molar-refractivity contribution in [3.05, 3.63) is 81.7 Å². The Labute approximate surface area is 201 Å². The predicted octanol–water partition coefficient (Wildman–Crippen LogP) is 3.56. The number of aryl methyl sites for hydroxylation is 2. The molecule has 0 spiro atoms. The highest BCUT2D eigenvalue weighted by atomic mass is 16.2. The summed E-state index contributed by atoms with van der Waals surface area (Å²) in [5.74, 6) is 0.0741. The second kappa shape index (κ2) is 8.58. The molecule has 1 amide bonds. The second-order valence-corrected chi connectivity index (χ2v) is 10.1. The van der Waals surface area contributed by atoms with Crippen molar-refractivity contribution in [2.75, 3.05) is 31.6 Å². The van der Waals surface area contributed by atoms with E-state index in [1.807, 2.05) is 16.6 Å². The summed E-state index contributed by atoms with van der Waals surface area (Å²) in [6.07, 6.45) is 4.24. The van der Waals surface area contributed by atoms with Crippen LogP contribution in [0, 0.1) is 0 Å². The normalized spacial score (nSPS) is 17.8. The number of hydrogen-bond donors (Lipinski definition) is 0. The first kappa shape index (κ1) is 21.4. The quantitative estimate of drug-likeness (QED) is 0.606. The van der Waals surface area contributed by atoms with Crippen molar-refractivity contribution in [3.63, 3.8) is 0 Å². The van der Waals surface area contributed by atoms with Crippen LogP contribution in [0.15, 0.2) is 42.5 Å². The van der Waals surface area contributed by atoms with Gasteiger partial charge < -0.3 is 9.80 Å². The topological polar surface area (TPSA) is 44.6 Å². The summed E-state index contributed by atoms with van der Waals surface area (Å²) in [6, 6.07) is 15.4. The summed E-state index contributed by atoms with van der Waals surface area (Å²) in [5, 5.41) is 4.72. The maximum absolute atomic E-state index is 13.6. The van der Waals surface area contributed by atoms with Crippen LogP contribution in [-0.4, -0.2) is 52.2 Å². The third-order valence-corrected chi connectivity index (χ3v) is 7.84. The Kier molecular flexibility index (Phi) is 5.41. The summed E-state index contributed by atoms with van der Waals surface area (Å²) in [5.41, 5.74) is 9.80. The average molecular weight is 456 g/mol. The van der Waals surface area contributed by atoms with E-state index in [0.29, 0.717) is 12.2 Å². The SMILES string of the molecule is CN1CCCc2cc(CN3CCc4c(c(C(=O)N5CCc6ccccc6C5)nn4C)C3)ccc21. The van der Waals surface area contributed by atoms with Crippen LogP contribution >= 0.6 is 0 Å². The van der Waals surface area contributed by atoms with E-state index >= 15 is 0 Å². The molecule has 0 atom stereocenters. The number of anilines is 1. The third kappa shape index (κ3) is 3.80. The van der Waals surface area contributed by atoms with Gasteiger partial charge >= 0.3 is 0 Å². The Morgan fingerprint density at radius 2 is 1.76 bits per heavy atom. The molecule has 2 aromatic carbocycles. The number of carbonyl (C=O) groups excluding carboxylic acids is 1. The monoisotopic (exact) mass is 455 g/mol. The lowest BCUT2D eigenvalue weighted by atomic mass is 9.98. The van der Waals surface area contributed by atoms with Gasteiger partial charge in [0.15, 0.2) is 5.69 Å². The molecule has 0 saturated heterocycles. The van der Waals surface area contributed by atoms with E-state index in [0.717, 1.165) is 57.5 Å². The van der Waals surface area contributed by atoms with E-state index in [9.17, 15) is 4.79 Å². The maximum atomic E-state index is 13.6. The molecule has 0 N–H and O–H groups in total. The number of rotatable bonds is 3. The zero-order valence-electron chi connectivity index (χ0n) is 20.3. The Morgan fingerprint density at radius 3 is 2.65 bits per heavy atom. The lowest BCUT2D eigenvalue weighted by Gasteiger charge is -2.31. The maximum Gasteiger partial charge on any atom is 0.275 e. The molecule has 0 fully saturated rings. The van der Waals surface area contributed by atoms with Gasteiger partial charge in [0.1, 0.15) is 0 Å². The molecule has 4 heterocycles. The first-order chi connectivity index (χ1) is 16.6. The van der Waals surface area contributed by atoms with Crippen LogP contribution < -0.4 is 4.90 Å². The van der Waals surface area contributed by atoms with Crippen LogP contribution in [0.25, 0.3) is 0 Å². The summed E-state index contributed by atoms with van der Waals surface area (Å²) >= 11 is 0. The zero-order chi connectivity index (χ0) is 23.2. The minimum absolute atomic E-state index is 0.0741.